The Balaban J connectivity index is 2.09. The van der Waals surface area contributed by atoms with Gasteiger partial charge in [0.2, 0.25) is 0 Å². The highest BCUT2D eigenvalue weighted by Crippen LogP contribution is 2.23. The van der Waals surface area contributed by atoms with Crippen LogP contribution in [0, 0.1) is 18.6 Å². The smallest absolute Gasteiger partial charge is 0.159 e. The maximum atomic E-state index is 13.1. The van der Waals surface area contributed by atoms with Crippen LogP contribution in [0.2, 0.25) is 0 Å². The Morgan fingerprint density at radius 1 is 1.10 bits per heavy atom. The van der Waals surface area contributed by atoms with Gasteiger partial charge in [-0.1, -0.05) is 12.1 Å². The largest absolute Gasteiger partial charge is 0.489 e. The summed E-state index contributed by atoms with van der Waals surface area (Å²) >= 11 is 0. The van der Waals surface area contributed by atoms with E-state index in [-0.39, 0.29) is 6.61 Å². The van der Waals surface area contributed by atoms with Crippen LogP contribution in [0.4, 0.5) is 8.78 Å². The summed E-state index contributed by atoms with van der Waals surface area (Å²) in [5.41, 5.74) is 2.25. The lowest BCUT2D eigenvalue weighted by atomic mass is 10.1. The van der Waals surface area contributed by atoms with Gasteiger partial charge in [0.1, 0.15) is 12.4 Å². The van der Waals surface area contributed by atoms with Crippen LogP contribution in [0.1, 0.15) is 29.7 Å². The first kappa shape index (κ1) is 14.5. The molecule has 0 spiro atoms. The lowest BCUT2D eigenvalue weighted by Gasteiger charge is -2.12. The molecule has 0 saturated heterocycles. The van der Waals surface area contributed by atoms with Gasteiger partial charge in [-0.05, 0) is 54.8 Å². The molecular weight excluding hydrogens is 262 g/mol. The Morgan fingerprint density at radius 2 is 1.85 bits per heavy atom. The maximum Gasteiger partial charge on any atom is 0.159 e. The van der Waals surface area contributed by atoms with Crippen molar-refractivity contribution in [1.82, 2.24) is 0 Å². The summed E-state index contributed by atoms with van der Waals surface area (Å²) in [7, 11) is 0. The zero-order valence-corrected chi connectivity index (χ0v) is 11.4. The number of hydrogen-bond acceptors (Lipinski definition) is 2. The number of aliphatic hydroxyl groups is 1. The monoisotopic (exact) mass is 278 g/mol. The zero-order chi connectivity index (χ0) is 14.7. The van der Waals surface area contributed by atoms with Crippen LogP contribution in [0.3, 0.4) is 0 Å². The summed E-state index contributed by atoms with van der Waals surface area (Å²) in [4.78, 5) is 0. The van der Waals surface area contributed by atoms with E-state index in [0.717, 1.165) is 23.3 Å². The van der Waals surface area contributed by atoms with Crippen LogP contribution >= 0.6 is 0 Å². The van der Waals surface area contributed by atoms with Crippen LogP contribution in [0.5, 0.6) is 5.75 Å². The first-order valence-corrected chi connectivity index (χ1v) is 6.32. The molecule has 2 rings (SSSR count). The summed E-state index contributed by atoms with van der Waals surface area (Å²) in [5, 5.41) is 9.49. The van der Waals surface area contributed by atoms with Crippen molar-refractivity contribution in [2.75, 3.05) is 0 Å². The van der Waals surface area contributed by atoms with Crippen LogP contribution in [-0.4, -0.2) is 5.11 Å². The topological polar surface area (TPSA) is 29.5 Å². The van der Waals surface area contributed by atoms with E-state index in [4.69, 9.17) is 4.74 Å². The average Bonchev–Trinajstić information content (AvgIpc) is 2.41. The fourth-order valence-electron chi connectivity index (χ4n) is 1.88. The number of aryl methyl sites for hydroxylation is 1. The first-order chi connectivity index (χ1) is 9.47. The van der Waals surface area contributed by atoms with Crippen molar-refractivity contribution >= 4 is 0 Å². The molecule has 0 amide bonds. The van der Waals surface area contributed by atoms with E-state index >= 15 is 0 Å². The minimum atomic E-state index is -0.882. The zero-order valence-electron chi connectivity index (χ0n) is 11.4. The third-order valence-corrected chi connectivity index (χ3v) is 3.06. The summed E-state index contributed by atoms with van der Waals surface area (Å²) in [6.45, 7) is 3.72. The summed E-state index contributed by atoms with van der Waals surface area (Å²) in [6, 6.07) is 9.06. The fraction of sp³-hybridized carbons (Fsp3) is 0.250. The molecule has 0 saturated carbocycles. The van der Waals surface area contributed by atoms with Gasteiger partial charge in [0.05, 0.1) is 6.10 Å². The highest BCUT2D eigenvalue weighted by atomic mass is 19.2. The van der Waals surface area contributed by atoms with E-state index in [9.17, 15) is 13.9 Å². The molecule has 0 aliphatic rings. The van der Waals surface area contributed by atoms with Gasteiger partial charge in [-0.3, -0.25) is 0 Å². The van der Waals surface area contributed by atoms with E-state index in [1.165, 1.54) is 6.07 Å². The number of rotatable bonds is 4. The first-order valence-electron chi connectivity index (χ1n) is 6.32. The van der Waals surface area contributed by atoms with Gasteiger partial charge in [0.25, 0.3) is 0 Å². The fourth-order valence-corrected chi connectivity index (χ4v) is 1.88. The van der Waals surface area contributed by atoms with Gasteiger partial charge in [0.15, 0.2) is 11.6 Å². The molecule has 4 heteroatoms. The van der Waals surface area contributed by atoms with Gasteiger partial charge < -0.3 is 9.84 Å². The van der Waals surface area contributed by atoms with Crippen molar-refractivity contribution < 1.29 is 18.6 Å². The molecule has 0 fully saturated rings. The van der Waals surface area contributed by atoms with Crippen molar-refractivity contribution in [3.05, 3.63) is 64.7 Å². The Labute approximate surface area is 116 Å². The third-order valence-electron chi connectivity index (χ3n) is 3.06. The number of aliphatic hydroxyl groups excluding tert-OH is 1. The van der Waals surface area contributed by atoms with Crippen molar-refractivity contribution in [3.8, 4) is 5.75 Å². The van der Waals surface area contributed by atoms with Crippen LogP contribution in [-0.2, 0) is 6.61 Å². The van der Waals surface area contributed by atoms with E-state index < -0.39 is 17.7 Å². The minimum Gasteiger partial charge on any atom is -0.489 e. The average molecular weight is 278 g/mol. The molecule has 0 aliphatic carbocycles. The predicted molar refractivity (Wildman–Crippen MR) is 72.5 cm³/mol. The van der Waals surface area contributed by atoms with E-state index in [0.29, 0.717) is 11.3 Å². The second-order valence-electron chi connectivity index (χ2n) is 4.74. The Bertz CT molecular complexity index is 609. The molecule has 2 aromatic carbocycles. The van der Waals surface area contributed by atoms with E-state index in [1.807, 2.05) is 13.0 Å². The molecule has 106 valence electrons. The lowest BCUT2D eigenvalue weighted by Crippen LogP contribution is -2.00. The number of ether oxygens (including phenoxy) is 1. The number of hydrogen-bond donors (Lipinski definition) is 1. The highest BCUT2D eigenvalue weighted by Gasteiger charge is 2.07. The molecule has 1 N–H and O–H groups in total. The molecule has 2 nitrogen and oxygen atoms in total. The molecule has 20 heavy (non-hydrogen) atoms. The highest BCUT2D eigenvalue weighted by molar-refractivity contribution is 5.37. The van der Waals surface area contributed by atoms with Crippen LogP contribution in [0.15, 0.2) is 36.4 Å². The van der Waals surface area contributed by atoms with Gasteiger partial charge in [-0.2, -0.15) is 0 Å². The van der Waals surface area contributed by atoms with E-state index in [1.54, 1.807) is 19.1 Å². The van der Waals surface area contributed by atoms with Crippen LogP contribution < -0.4 is 4.74 Å². The quantitative estimate of drug-likeness (QED) is 0.919. The normalized spacial score (nSPS) is 12.2. The molecular formula is C16H16F2O2. The SMILES string of the molecule is Cc1cc([C@@H](C)O)ccc1OCc1ccc(F)c(F)c1. The Kier molecular flexibility index (Phi) is 4.35. The van der Waals surface area contributed by atoms with Crippen LogP contribution in [0.25, 0.3) is 0 Å². The molecule has 0 aliphatic heterocycles. The molecule has 0 heterocycles. The molecule has 0 aromatic heterocycles. The minimum absolute atomic E-state index is 0.159. The molecule has 0 bridgehead atoms. The maximum absolute atomic E-state index is 13.1. The lowest BCUT2D eigenvalue weighted by molar-refractivity contribution is 0.199. The standard InChI is InChI=1S/C16H16F2O2/c1-10-7-13(11(2)19)4-6-16(10)20-9-12-3-5-14(17)15(18)8-12/h3-8,11,19H,9H2,1-2H3/t11-/m1/s1. The van der Waals surface area contributed by atoms with Gasteiger partial charge >= 0.3 is 0 Å². The third kappa shape index (κ3) is 3.33. The Hall–Kier alpha value is -1.94. The van der Waals surface area contributed by atoms with E-state index in [2.05, 4.69) is 0 Å². The summed E-state index contributed by atoms with van der Waals surface area (Å²) in [5.74, 6) is -1.10. The van der Waals surface area contributed by atoms with Crippen molar-refractivity contribution in [2.24, 2.45) is 0 Å². The van der Waals surface area contributed by atoms with Crippen molar-refractivity contribution in [2.45, 2.75) is 26.6 Å². The number of halogens is 2. The molecule has 0 unspecified atom stereocenters. The van der Waals surface area contributed by atoms with Crippen molar-refractivity contribution in [3.63, 3.8) is 0 Å². The second kappa shape index (κ2) is 6.01. The van der Waals surface area contributed by atoms with Gasteiger partial charge in [-0.15, -0.1) is 0 Å². The molecule has 0 radical (unpaired) electrons. The number of benzene rings is 2. The second-order valence-corrected chi connectivity index (χ2v) is 4.74. The Morgan fingerprint density at radius 3 is 2.45 bits per heavy atom. The molecule has 2 aromatic rings. The predicted octanol–water partition coefficient (Wildman–Crippen LogP) is 3.91. The van der Waals surface area contributed by atoms with Crippen molar-refractivity contribution in [1.29, 1.82) is 0 Å². The molecule has 1 atom stereocenters. The van der Waals surface area contributed by atoms with Gasteiger partial charge in [-0.25, -0.2) is 8.78 Å². The summed E-state index contributed by atoms with van der Waals surface area (Å²) < 4.78 is 31.5. The summed E-state index contributed by atoms with van der Waals surface area (Å²) in [6.07, 6.45) is -0.533. The van der Waals surface area contributed by atoms with Gasteiger partial charge in [0, 0.05) is 0 Å².